The van der Waals surface area contributed by atoms with Crippen molar-refractivity contribution in [3.05, 3.63) is 47.7 Å². The van der Waals surface area contributed by atoms with Gasteiger partial charge < -0.3 is 15.8 Å². The molecule has 104 valence electrons. The number of methoxy groups -OCH3 is 1. The van der Waals surface area contributed by atoms with Gasteiger partial charge in [-0.25, -0.2) is 4.79 Å². The number of nitrogens with zero attached hydrogens (tertiary/aromatic N) is 2. The summed E-state index contributed by atoms with van der Waals surface area (Å²) < 4.78 is 4.56. The standard InChI is InChI=1S/C14H16N4O2/c1-9(10-3-5-11(15)6-4-10)16-13-8-7-12(17-18-13)14(19)20-2/h3-9H,15H2,1-2H3,(H,16,18). The highest BCUT2D eigenvalue weighted by Crippen LogP contribution is 2.18. The van der Waals surface area contributed by atoms with E-state index in [9.17, 15) is 4.79 Å². The summed E-state index contributed by atoms with van der Waals surface area (Å²) in [6, 6.07) is 10.9. The minimum absolute atomic E-state index is 0.0499. The second kappa shape index (κ2) is 6.01. The van der Waals surface area contributed by atoms with E-state index in [1.165, 1.54) is 7.11 Å². The van der Waals surface area contributed by atoms with Crippen LogP contribution >= 0.6 is 0 Å². The third kappa shape index (κ3) is 3.23. The topological polar surface area (TPSA) is 90.1 Å². The third-order valence-corrected chi connectivity index (χ3v) is 2.86. The molecule has 1 aromatic heterocycles. The maximum Gasteiger partial charge on any atom is 0.358 e. The van der Waals surface area contributed by atoms with Crippen LogP contribution in [0.2, 0.25) is 0 Å². The van der Waals surface area contributed by atoms with Crippen LogP contribution in [0.25, 0.3) is 0 Å². The number of nitrogens with two attached hydrogens (primary N) is 1. The lowest BCUT2D eigenvalue weighted by molar-refractivity contribution is 0.0593. The number of nitrogens with one attached hydrogen (secondary N) is 1. The summed E-state index contributed by atoms with van der Waals surface area (Å²) in [6.07, 6.45) is 0. The minimum Gasteiger partial charge on any atom is -0.464 e. The van der Waals surface area contributed by atoms with Crippen LogP contribution in [0.5, 0.6) is 0 Å². The number of rotatable bonds is 4. The number of anilines is 2. The average Bonchev–Trinajstić information content (AvgIpc) is 2.48. The van der Waals surface area contributed by atoms with Crippen LogP contribution in [-0.4, -0.2) is 23.3 Å². The Morgan fingerprint density at radius 3 is 2.45 bits per heavy atom. The van der Waals surface area contributed by atoms with Crippen molar-refractivity contribution >= 4 is 17.5 Å². The second-order valence-electron chi connectivity index (χ2n) is 4.33. The predicted molar refractivity (Wildman–Crippen MR) is 76.3 cm³/mol. The van der Waals surface area contributed by atoms with Crippen molar-refractivity contribution < 1.29 is 9.53 Å². The SMILES string of the molecule is COC(=O)c1ccc(NC(C)c2ccc(N)cc2)nn1. The van der Waals surface area contributed by atoms with Crippen LogP contribution in [0.4, 0.5) is 11.5 Å². The third-order valence-electron chi connectivity index (χ3n) is 2.86. The molecule has 0 aliphatic rings. The van der Waals surface area contributed by atoms with Gasteiger partial charge in [0.1, 0.15) is 5.82 Å². The molecule has 6 nitrogen and oxygen atoms in total. The summed E-state index contributed by atoms with van der Waals surface area (Å²) in [7, 11) is 1.30. The van der Waals surface area contributed by atoms with Gasteiger partial charge >= 0.3 is 5.97 Å². The zero-order chi connectivity index (χ0) is 14.5. The maximum atomic E-state index is 11.2. The van der Waals surface area contributed by atoms with Crippen molar-refractivity contribution in [3.8, 4) is 0 Å². The van der Waals surface area contributed by atoms with E-state index in [4.69, 9.17) is 5.73 Å². The molecule has 0 saturated carbocycles. The van der Waals surface area contributed by atoms with Gasteiger partial charge in [-0.2, -0.15) is 0 Å². The average molecular weight is 272 g/mol. The van der Waals surface area contributed by atoms with Crippen LogP contribution in [0.15, 0.2) is 36.4 Å². The number of hydrogen-bond acceptors (Lipinski definition) is 6. The van der Waals surface area contributed by atoms with E-state index >= 15 is 0 Å². The molecule has 0 radical (unpaired) electrons. The number of carbonyl (C=O) groups excluding carboxylic acids is 1. The monoisotopic (exact) mass is 272 g/mol. The van der Waals surface area contributed by atoms with E-state index < -0.39 is 5.97 Å². The van der Waals surface area contributed by atoms with Gasteiger partial charge in [0, 0.05) is 5.69 Å². The number of hydrogen-bond donors (Lipinski definition) is 2. The molecule has 0 aliphatic carbocycles. The zero-order valence-electron chi connectivity index (χ0n) is 11.3. The molecule has 6 heteroatoms. The van der Waals surface area contributed by atoms with Gasteiger partial charge in [0.2, 0.25) is 0 Å². The van der Waals surface area contributed by atoms with Crippen molar-refractivity contribution in [2.45, 2.75) is 13.0 Å². The van der Waals surface area contributed by atoms with Gasteiger partial charge in [0.25, 0.3) is 0 Å². The fourth-order valence-electron chi connectivity index (χ4n) is 1.71. The maximum absolute atomic E-state index is 11.2. The van der Waals surface area contributed by atoms with Gasteiger partial charge in [-0.05, 0) is 36.8 Å². The van der Waals surface area contributed by atoms with E-state index in [0.717, 1.165) is 11.3 Å². The van der Waals surface area contributed by atoms with Gasteiger partial charge in [0.15, 0.2) is 5.69 Å². The Balaban J connectivity index is 2.06. The van der Waals surface area contributed by atoms with Crippen LogP contribution in [0.3, 0.4) is 0 Å². The predicted octanol–water partition coefficient (Wildman–Crippen LogP) is 2.02. The summed E-state index contributed by atoms with van der Waals surface area (Å²) in [5, 5.41) is 10.9. The molecule has 1 unspecified atom stereocenters. The normalized spacial score (nSPS) is 11.7. The minimum atomic E-state index is -0.504. The Labute approximate surface area is 117 Å². The summed E-state index contributed by atoms with van der Waals surface area (Å²) in [4.78, 5) is 11.2. The first-order chi connectivity index (χ1) is 9.60. The molecule has 20 heavy (non-hydrogen) atoms. The first-order valence-electron chi connectivity index (χ1n) is 6.14. The molecule has 2 aromatic rings. The number of carbonyl (C=O) groups is 1. The van der Waals surface area contributed by atoms with Crippen LogP contribution in [0, 0.1) is 0 Å². The molecule has 1 heterocycles. The van der Waals surface area contributed by atoms with E-state index in [1.807, 2.05) is 31.2 Å². The van der Waals surface area contributed by atoms with Crippen molar-refractivity contribution in [3.63, 3.8) is 0 Å². The Bertz CT molecular complexity index is 581. The molecule has 1 atom stereocenters. The summed E-state index contributed by atoms with van der Waals surface area (Å²) in [5.74, 6) is 0.0811. The number of nitrogen functional groups attached to an aromatic ring is 1. The molecule has 0 bridgehead atoms. The molecule has 0 aliphatic heterocycles. The van der Waals surface area contributed by atoms with E-state index in [0.29, 0.717) is 5.82 Å². The van der Waals surface area contributed by atoms with Crippen molar-refractivity contribution in [1.29, 1.82) is 0 Å². The molecular formula is C14H16N4O2. The Kier molecular flexibility index (Phi) is 4.14. The highest BCUT2D eigenvalue weighted by atomic mass is 16.5. The fourth-order valence-corrected chi connectivity index (χ4v) is 1.71. The lowest BCUT2D eigenvalue weighted by Crippen LogP contribution is -2.11. The van der Waals surface area contributed by atoms with E-state index in [1.54, 1.807) is 12.1 Å². The summed E-state index contributed by atoms with van der Waals surface area (Å²) in [6.45, 7) is 2.00. The van der Waals surface area contributed by atoms with Crippen LogP contribution in [0.1, 0.15) is 29.0 Å². The first-order valence-corrected chi connectivity index (χ1v) is 6.14. The van der Waals surface area contributed by atoms with Gasteiger partial charge in [-0.15, -0.1) is 10.2 Å². The van der Waals surface area contributed by atoms with Crippen LogP contribution in [-0.2, 0) is 4.74 Å². The molecule has 2 rings (SSSR count). The highest BCUT2D eigenvalue weighted by Gasteiger charge is 2.09. The highest BCUT2D eigenvalue weighted by molar-refractivity contribution is 5.86. The zero-order valence-corrected chi connectivity index (χ0v) is 11.3. The fraction of sp³-hybridized carbons (Fsp3) is 0.214. The number of aromatic nitrogens is 2. The molecule has 1 aromatic carbocycles. The second-order valence-corrected chi connectivity index (χ2v) is 4.33. The van der Waals surface area contributed by atoms with Crippen molar-refractivity contribution in [1.82, 2.24) is 10.2 Å². The largest absolute Gasteiger partial charge is 0.464 e. The van der Waals surface area contributed by atoms with E-state index in [-0.39, 0.29) is 11.7 Å². The first kappa shape index (κ1) is 13.8. The molecule has 0 saturated heterocycles. The van der Waals surface area contributed by atoms with Gasteiger partial charge in [-0.3, -0.25) is 0 Å². The smallest absolute Gasteiger partial charge is 0.358 e. The lowest BCUT2D eigenvalue weighted by atomic mass is 10.1. The molecule has 0 amide bonds. The number of esters is 1. The number of ether oxygens (including phenoxy) is 1. The van der Waals surface area contributed by atoms with Gasteiger partial charge in [0.05, 0.1) is 13.2 Å². The van der Waals surface area contributed by atoms with Crippen molar-refractivity contribution in [2.24, 2.45) is 0 Å². The molecular weight excluding hydrogens is 256 g/mol. The Morgan fingerprint density at radius 1 is 1.20 bits per heavy atom. The van der Waals surface area contributed by atoms with E-state index in [2.05, 4.69) is 20.3 Å². The van der Waals surface area contributed by atoms with Crippen molar-refractivity contribution in [2.75, 3.05) is 18.2 Å². The molecule has 0 spiro atoms. The molecule has 3 N–H and O–H groups in total. The Hall–Kier alpha value is -2.63. The lowest BCUT2D eigenvalue weighted by Gasteiger charge is -2.14. The number of benzene rings is 1. The Morgan fingerprint density at radius 2 is 1.90 bits per heavy atom. The van der Waals surface area contributed by atoms with Crippen LogP contribution < -0.4 is 11.1 Å². The van der Waals surface area contributed by atoms with Gasteiger partial charge in [-0.1, -0.05) is 12.1 Å². The molecule has 0 fully saturated rings. The summed E-state index contributed by atoms with van der Waals surface area (Å²) >= 11 is 0. The summed E-state index contributed by atoms with van der Waals surface area (Å²) in [5.41, 5.74) is 7.64. The quantitative estimate of drug-likeness (QED) is 0.653.